The Morgan fingerprint density at radius 1 is 1.58 bits per heavy atom. The van der Waals surface area contributed by atoms with Gasteiger partial charge in [-0.25, -0.2) is 0 Å². The summed E-state index contributed by atoms with van der Waals surface area (Å²) in [5.41, 5.74) is 2.12. The summed E-state index contributed by atoms with van der Waals surface area (Å²) in [6.07, 6.45) is 0. The van der Waals surface area contributed by atoms with Crippen LogP contribution in [-0.4, -0.2) is 16.3 Å². The third-order valence-electron chi connectivity index (χ3n) is 2.47. The molecule has 4 heteroatoms. The van der Waals surface area contributed by atoms with Crippen molar-refractivity contribution in [3.63, 3.8) is 0 Å². The second kappa shape index (κ2) is 2.48. The molecule has 4 nitrogen and oxygen atoms in total. The minimum atomic E-state index is 0.0708. The Balaban J connectivity index is 2.63. The number of aryl methyl sites for hydroxylation is 1. The van der Waals surface area contributed by atoms with E-state index in [0.717, 1.165) is 24.3 Å². The Kier molecular flexibility index (Phi) is 1.58. The van der Waals surface area contributed by atoms with E-state index in [9.17, 15) is 4.79 Å². The first-order valence-electron chi connectivity index (χ1n) is 4.18. The SMILES string of the molecule is CC1CNCc2c1c(=O)[nH]n2C. The number of hydrogen-bond donors (Lipinski definition) is 2. The maximum atomic E-state index is 11.4. The number of nitrogens with one attached hydrogen (secondary N) is 2. The van der Waals surface area contributed by atoms with Gasteiger partial charge < -0.3 is 5.32 Å². The van der Waals surface area contributed by atoms with E-state index >= 15 is 0 Å². The lowest BCUT2D eigenvalue weighted by Gasteiger charge is -2.19. The number of aromatic nitrogens is 2. The van der Waals surface area contributed by atoms with Crippen molar-refractivity contribution in [2.75, 3.05) is 6.54 Å². The minimum absolute atomic E-state index is 0.0708. The van der Waals surface area contributed by atoms with Crippen LogP contribution in [0.2, 0.25) is 0 Å². The van der Waals surface area contributed by atoms with Gasteiger partial charge in [0.15, 0.2) is 0 Å². The normalized spacial score (nSPS) is 22.3. The van der Waals surface area contributed by atoms with E-state index in [0.29, 0.717) is 5.92 Å². The second-order valence-corrected chi connectivity index (χ2v) is 3.39. The van der Waals surface area contributed by atoms with Crippen molar-refractivity contribution in [1.29, 1.82) is 0 Å². The molecule has 2 rings (SSSR count). The van der Waals surface area contributed by atoms with E-state index < -0.39 is 0 Å². The molecule has 0 aliphatic carbocycles. The van der Waals surface area contributed by atoms with E-state index in [2.05, 4.69) is 17.3 Å². The summed E-state index contributed by atoms with van der Waals surface area (Å²) in [6, 6.07) is 0. The molecule has 1 aliphatic heterocycles. The van der Waals surface area contributed by atoms with Gasteiger partial charge in [0.25, 0.3) is 5.56 Å². The topological polar surface area (TPSA) is 49.8 Å². The highest BCUT2D eigenvalue weighted by Gasteiger charge is 2.22. The van der Waals surface area contributed by atoms with Crippen molar-refractivity contribution in [2.45, 2.75) is 19.4 Å². The van der Waals surface area contributed by atoms with Crippen molar-refractivity contribution >= 4 is 0 Å². The third kappa shape index (κ3) is 0.914. The van der Waals surface area contributed by atoms with Crippen LogP contribution >= 0.6 is 0 Å². The number of nitrogens with zero attached hydrogens (tertiary/aromatic N) is 1. The summed E-state index contributed by atoms with van der Waals surface area (Å²) >= 11 is 0. The fourth-order valence-electron chi connectivity index (χ4n) is 1.82. The fraction of sp³-hybridized carbons (Fsp3) is 0.625. The maximum Gasteiger partial charge on any atom is 0.267 e. The molecule has 0 aromatic carbocycles. The first-order valence-corrected chi connectivity index (χ1v) is 4.18. The van der Waals surface area contributed by atoms with E-state index in [1.165, 1.54) is 0 Å². The number of H-pyrrole nitrogens is 1. The summed E-state index contributed by atoms with van der Waals surface area (Å²) in [6.45, 7) is 3.77. The van der Waals surface area contributed by atoms with Crippen molar-refractivity contribution in [1.82, 2.24) is 15.1 Å². The quantitative estimate of drug-likeness (QED) is 0.568. The number of aromatic amines is 1. The van der Waals surface area contributed by atoms with Gasteiger partial charge in [0.05, 0.1) is 5.69 Å². The number of hydrogen-bond acceptors (Lipinski definition) is 2. The van der Waals surface area contributed by atoms with Crippen molar-refractivity contribution in [2.24, 2.45) is 7.05 Å². The smallest absolute Gasteiger partial charge is 0.267 e. The Morgan fingerprint density at radius 3 is 3.00 bits per heavy atom. The molecular weight excluding hydrogens is 154 g/mol. The first kappa shape index (κ1) is 7.61. The lowest BCUT2D eigenvalue weighted by atomic mass is 9.98. The van der Waals surface area contributed by atoms with Crippen LogP contribution in [0.15, 0.2) is 4.79 Å². The first-order chi connectivity index (χ1) is 5.70. The third-order valence-corrected chi connectivity index (χ3v) is 2.47. The van der Waals surface area contributed by atoms with Crippen LogP contribution in [0.4, 0.5) is 0 Å². The zero-order chi connectivity index (χ0) is 8.72. The molecule has 1 unspecified atom stereocenters. The zero-order valence-corrected chi connectivity index (χ0v) is 7.35. The molecule has 1 aliphatic rings. The molecule has 12 heavy (non-hydrogen) atoms. The molecular formula is C8H13N3O. The Bertz CT molecular complexity index is 350. The van der Waals surface area contributed by atoms with Crippen molar-refractivity contribution < 1.29 is 0 Å². The van der Waals surface area contributed by atoms with Crippen molar-refractivity contribution in [3.8, 4) is 0 Å². The largest absolute Gasteiger partial charge is 0.311 e. The van der Waals surface area contributed by atoms with Crippen LogP contribution < -0.4 is 10.9 Å². The van der Waals surface area contributed by atoms with Crippen LogP contribution in [0.5, 0.6) is 0 Å². The summed E-state index contributed by atoms with van der Waals surface area (Å²) in [5, 5.41) is 6.03. The average molecular weight is 167 g/mol. The standard InChI is InChI=1S/C8H13N3O/c1-5-3-9-4-6-7(5)8(12)10-11(6)2/h5,9H,3-4H2,1-2H3,(H,10,12). The van der Waals surface area contributed by atoms with Crippen LogP contribution in [0, 0.1) is 0 Å². The lowest BCUT2D eigenvalue weighted by molar-refractivity contribution is 0.542. The molecule has 2 heterocycles. The molecule has 2 N–H and O–H groups in total. The van der Waals surface area contributed by atoms with Gasteiger partial charge in [-0.2, -0.15) is 0 Å². The molecule has 0 bridgehead atoms. The van der Waals surface area contributed by atoms with Crippen LogP contribution in [0.25, 0.3) is 0 Å². The Hall–Kier alpha value is -1.03. The highest BCUT2D eigenvalue weighted by atomic mass is 16.1. The van der Waals surface area contributed by atoms with Gasteiger partial charge in [-0.3, -0.25) is 14.6 Å². The van der Waals surface area contributed by atoms with Gasteiger partial charge in [-0.15, -0.1) is 0 Å². The molecule has 1 atom stereocenters. The molecule has 1 aromatic heterocycles. The van der Waals surface area contributed by atoms with Crippen LogP contribution in [0.1, 0.15) is 24.1 Å². The highest BCUT2D eigenvalue weighted by Crippen LogP contribution is 2.18. The van der Waals surface area contributed by atoms with Gasteiger partial charge in [0.2, 0.25) is 0 Å². The van der Waals surface area contributed by atoms with Gasteiger partial charge in [-0.1, -0.05) is 6.92 Å². The van der Waals surface area contributed by atoms with E-state index in [1.807, 2.05) is 7.05 Å². The lowest BCUT2D eigenvalue weighted by Crippen LogP contribution is -2.29. The number of rotatable bonds is 0. The van der Waals surface area contributed by atoms with Gasteiger partial charge >= 0.3 is 0 Å². The molecule has 0 fully saturated rings. The van der Waals surface area contributed by atoms with E-state index in [4.69, 9.17) is 0 Å². The fourth-order valence-corrected chi connectivity index (χ4v) is 1.82. The van der Waals surface area contributed by atoms with Gasteiger partial charge in [0, 0.05) is 31.6 Å². The molecule has 1 aromatic rings. The minimum Gasteiger partial charge on any atom is -0.311 e. The Labute approximate surface area is 70.6 Å². The molecule has 0 amide bonds. The van der Waals surface area contributed by atoms with Gasteiger partial charge in [0.1, 0.15) is 0 Å². The predicted octanol–water partition coefficient (Wildman–Crippen LogP) is -0.0799. The predicted molar refractivity (Wildman–Crippen MR) is 46.2 cm³/mol. The van der Waals surface area contributed by atoms with E-state index in [-0.39, 0.29) is 5.56 Å². The molecule has 0 saturated carbocycles. The monoisotopic (exact) mass is 167 g/mol. The zero-order valence-electron chi connectivity index (χ0n) is 7.35. The summed E-state index contributed by atoms with van der Waals surface area (Å²) in [7, 11) is 1.87. The van der Waals surface area contributed by atoms with Crippen LogP contribution in [-0.2, 0) is 13.6 Å². The molecule has 0 radical (unpaired) electrons. The second-order valence-electron chi connectivity index (χ2n) is 3.39. The Morgan fingerprint density at radius 2 is 2.33 bits per heavy atom. The summed E-state index contributed by atoms with van der Waals surface area (Å²) < 4.78 is 1.81. The molecule has 0 saturated heterocycles. The van der Waals surface area contributed by atoms with Crippen molar-refractivity contribution in [3.05, 3.63) is 21.6 Å². The maximum absolute atomic E-state index is 11.4. The molecule has 66 valence electrons. The number of fused-ring (bicyclic) bond motifs is 1. The summed E-state index contributed by atoms with van der Waals surface area (Å²) in [5.74, 6) is 0.332. The van der Waals surface area contributed by atoms with Gasteiger partial charge in [-0.05, 0) is 0 Å². The molecule has 0 spiro atoms. The average Bonchev–Trinajstić information content (AvgIpc) is 2.29. The summed E-state index contributed by atoms with van der Waals surface area (Å²) in [4.78, 5) is 11.4. The van der Waals surface area contributed by atoms with Crippen LogP contribution in [0.3, 0.4) is 0 Å². The highest BCUT2D eigenvalue weighted by molar-refractivity contribution is 5.24. The van der Waals surface area contributed by atoms with E-state index in [1.54, 1.807) is 4.68 Å².